The van der Waals surface area contributed by atoms with Gasteiger partial charge in [0.25, 0.3) is 11.8 Å². The summed E-state index contributed by atoms with van der Waals surface area (Å²) >= 11 is 0. The number of rotatable bonds is 7. The Morgan fingerprint density at radius 3 is 2.31 bits per heavy atom. The zero-order valence-electron chi connectivity index (χ0n) is 27.8. The van der Waals surface area contributed by atoms with Crippen LogP contribution >= 0.6 is 0 Å². The van der Waals surface area contributed by atoms with Crippen LogP contribution in [0.5, 0.6) is 0 Å². The molecular formula is C34H49N9O2. The van der Waals surface area contributed by atoms with Crippen molar-refractivity contribution in [1.29, 1.82) is 5.26 Å². The second-order valence-corrected chi connectivity index (χ2v) is 15.4. The molecule has 11 heteroatoms. The first-order chi connectivity index (χ1) is 21.3. The van der Waals surface area contributed by atoms with E-state index in [1.807, 2.05) is 24.3 Å². The second-order valence-electron chi connectivity index (χ2n) is 15.4. The van der Waals surface area contributed by atoms with Gasteiger partial charge in [-0.3, -0.25) is 9.59 Å². The van der Waals surface area contributed by atoms with Gasteiger partial charge in [0, 0.05) is 24.6 Å². The number of hydrogen-bond acceptors (Lipinski definition) is 8. The van der Waals surface area contributed by atoms with E-state index in [4.69, 9.17) is 4.99 Å². The first-order valence-corrected chi connectivity index (χ1v) is 16.5. The number of piperidine rings is 1. The van der Waals surface area contributed by atoms with Gasteiger partial charge < -0.3 is 15.1 Å². The van der Waals surface area contributed by atoms with Crippen LogP contribution in [0.1, 0.15) is 121 Å². The summed E-state index contributed by atoms with van der Waals surface area (Å²) in [5, 5.41) is 26.0. The van der Waals surface area contributed by atoms with E-state index >= 15 is 0 Å². The molecule has 1 spiro atoms. The number of benzene rings is 1. The number of H-pyrrole nitrogens is 1. The van der Waals surface area contributed by atoms with Crippen molar-refractivity contribution in [3.8, 4) is 6.07 Å². The number of nitrogens with one attached hydrogen (secondary N) is 2. The number of amidine groups is 1. The molecule has 0 unspecified atom stereocenters. The lowest BCUT2D eigenvalue weighted by Gasteiger charge is -2.47. The normalized spacial score (nSPS) is 23.6. The topological polar surface area (TPSA) is 143 Å². The number of aromatic nitrogens is 4. The Morgan fingerprint density at radius 1 is 1.09 bits per heavy atom. The fraction of sp³-hybridized carbons (Fsp3) is 0.676. The van der Waals surface area contributed by atoms with E-state index in [0.29, 0.717) is 36.2 Å². The number of nitriles is 1. The predicted molar refractivity (Wildman–Crippen MR) is 172 cm³/mol. The molecule has 2 aliphatic heterocycles. The quantitative estimate of drug-likeness (QED) is 0.424. The summed E-state index contributed by atoms with van der Waals surface area (Å²) in [6.45, 7) is 15.2. The molecule has 2 aromatic rings. The third kappa shape index (κ3) is 7.37. The Bertz CT molecular complexity index is 1400. The Hall–Kier alpha value is -3.81. The zero-order chi connectivity index (χ0) is 32.4. The lowest BCUT2D eigenvalue weighted by molar-refractivity contribution is -0.134. The minimum atomic E-state index is -0.594. The van der Waals surface area contributed by atoms with Crippen LogP contribution in [0, 0.1) is 34.0 Å². The minimum absolute atomic E-state index is 0.000423. The van der Waals surface area contributed by atoms with Crippen molar-refractivity contribution in [2.75, 3.05) is 13.1 Å². The molecule has 2 amide bonds. The van der Waals surface area contributed by atoms with Gasteiger partial charge >= 0.3 is 0 Å². The van der Waals surface area contributed by atoms with Crippen molar-refractivity contribution in [3.05, 3.63) is 41.2 Å². The molecule has 2 fully saturated rings. The van der Waals surface area contributed by atoms with Crippen molar-refractivity contribution in [2.24, 2.45) is 27.7 Å². The summed E-state index contributed by atoms with van der Waals surface area (Å²) in [7, 11) is 0. The monoisotopic (exact) mass is 615 g/mol. The van der Waals surface area contributed by atoms with Crippen molar-refractivity contribution < 1.29 is 9.59 Å². The number of aliphatic imine (C=N–C) groups is 1. The molecule has 1 aliphatic carbocycles. The van der Waals surface area contributed by atoms with E-state index in [1.54, 1.807) is 0 Å². The number of likely N-dealkylation sites (tertiary alicyclic amines) is 1. The average Bonchev–Trinajstić information content (AvgIpc) is 3.62. The Labute approximate surface area is 267 Å². The molecule has 1 atom stereocenters. The van der Waals surface area contributed by atoms with Gasteiger partial charge in [0.2, 0.25) is 0 Å². The maximum absolute atomic E-state index is 14.6. The van der Waals surface area contributed by atoms with Gasteiger partial charge in [-0.2, -0.15) is 10.5 Å². The van der Waals surface area contributed by atoms with Gasteiger partial charge in [-0.15, -0.1) is 10.2 Å². The zero-order valence-corrected chi connectivity index (χ0v) is 27.8. The largest absolute Gasteiger partial charge is 0.352 e. The number of nitrogens with zero attached hydrogens (tertiary/aromatic N) is 7. The summed E-state index contributed by atoms with van der Waals surface area (Å²) in [6, 6.07) is 9.89. The number of hydrogen-bond donors (Lipinski definition) is 2. The van der Waals surface area contributed by atoms with Crippen LogP contribution in [0.4, 0.5) is 0 Å². The number of aromatic amines is 1. The van der Waals surface area contributed by atoms with Gasteiger partial charge in [-0.25, -0.2) is 4.99 Å². The lowest BCUT2D eigenvalue weighted by atomic mass is 9.69. The fourth-order valence-electron chi connectivity index (χ4n) is 7.14. The average molecular weight is 616 g/mol. The van der Waals surface area contributed by atoms with E-state index in [2.05, 4.69) is 83.4 Å². The standard InChI is InChI=1S/C34H49N9O2/c1-32(2,3)16-13-27(24-7-9-25(10-8-24)30(44)36-22-28-38-40-41-39-28)43-31(45)29(42-19-14-23(21-35)15-20-42)37-34(43)17-11-26(12-18-34)33(4,5)6/h7-10,23,26-27H,11-20,22H2,1-6H3,(H,36,44)(H,38,39,40,41)/t26?,27-,34?/m1/s1. The molecule has 2 N–H and O–H groups in total. The summed E-state index contributed by atoms with van der Waals surface area (Å²) in [5.74, 6) is 1.36. The molecular weight excluding hydrogens is 566 g/mol. The third-order valence-corrected chi connectivity index (χ3v) is 9.99. The summed E-state index contributed by atoms with van der Waals surface area (Å²) in [6.07, 6.45) is 6.94. The summed E-state index contributed by atoms with van der Waals surface area (Å²) < 4.78 is 0. The van der Waals surface area contributed by atoms with E-state index in [0.717, 1.165) is 56.9 Å². The number of tetrazole rings is 1. The number of carbonyl (C=O) groups is 2. The summed E-state index contributed by atoms with van der Waals surface area (Å²) in [4.78, 5) is 37.1. The third-order valence-electron chi connectivity index (χ3n) is 9.99. The SMILES string of the molecule is CC(C)(C)CC[C@H](c1ccc(C(=O)NCc2nn[nH]n2)cc1)N1C(=O)C(N2CCC(C#N)CC2)=NC12CCC(C(C)(C)C)CC2. The minimum Gasteiger partial charge on any atom is -0.352 e. The molecule has 1 saturated carbocycles. The highest BCUT2D eigenvalue weighted by Gasteiger charge is 2.53. The van der Waals surface area contributed by atoms with Crippen LogP contribution in [0.25, 0.3) is 0 Å². The van der Waals surface area contributed by atoms with Gasteiger partial charge in [-0.1, -0.05) is 58.9 Å². The van der Waals surface area contributed by atoms with Gasteiger partial charge in [0.15, 0.2) is 11.7 Å². The Balaban J connectivity index is 1.45. The van der Waals surface area contributed by atoms with E-state index in [9.17, 15) is 14.9 Å². The molecule has 45 heavy (non-hydrogen) atoms. The molecule has 11 nitrogen and oxygen atoms in total. The van der Waals surface area contributed by atoms with E-state index in [1.165, 1.54) is 0 Å². The number of amides is 2. The van der Waals surface area contributed by atoms with Crippen molar-refractivity contribution in [3.63, 3.8) is 0 Å². The highest BCUT2D eigenvalue weighted by atomic mass is 16.2. The molecule has 1 aromatic heterocycles. The Kier molecular flexibility index (Phi) is 9.33. The van der Waals surface area contributed by atoms with Gasteiger partial charge in [0.1, 0.15) is 5.66 Å². The van der Waals surface area contributed by atoms with Crippen molar-refractivity contribution >= 4 is 17.6 Å². The first-order valence-electron chi connectivity index (χ1n) is 16.5. The van der Waals surface area contributed by atoms with E-state index in [-0.39, 0.29) is 41.1 Å². The molecule has 5 rings (SSSR count). The van der Waals surface area contributed by atoms with Crippen LogP contribution < -0.4 is 5.32 Å². The lowest BCUT2D eigenvalue weighted by Crippen LogP contribution is -2.52. The smallest absolute Gasteiger partial charge is 0.291 e. The maximum Gasteiger partial charge on any atom is 0.291 e. The Morgan fingerprint density at radius 2 is 1.76 bits per heavy atom. The molecule has 0 bridgehead atoms. The first kappa shape index (κ1) is 32.6. The second kappa shape index (κ2) is 12.9. The molecule has 3 aliphatic rings. The van der Waals surface area contributed by atoms with Crippen LogP contribution in [0.2, 0.25) is 0 Å². The molecule has 242 valence electrons. The highest BCUT2D eigenvalue weighted by molar-refractivity contribution is 6.39. The van der Waals surface area contributed by atoms with Crippen LogP contribution in [0.15, 0.2) is 29.3 Å². The van der Waals surface area contributed by atoms with Crippen molar-refractivity contribution in [1.82, 2.24) is 35.7 Å². The molecule has 0 radical (unpaired) electrons. The maximum atomic E-state index is 14.6. The fourth-order valence-corrected chi connectivity index (χ4v) is 7.14. The molecule has 1 aromatic carbocycles. The highest BCUT2D eigenvalue weighted by Crippen LogP contribution is 2.50. The summed E-state index contributed by atoms with van der Waals surface area (Å²) in [5.41, 5.74) is 1.23. The van der Waals surface area contributed by atoms with Crippen LogP contribution in [-0.4, -0.2) is 66.8 Å². The van der Waals surface area contributed by atoms with Gasteiger partial charge in [0.05, 0.1) is 18.7 Å². The van der Waals surface area contributed by atoms with Gasteiger partial charge in [-0.05, 0) is 85.8 Å². The molecule has 1 saturated heterocycles. The number of carbonyl (C=O) groups excluding carboxylic acids is 2. The van der Waals surface area contributed by atoms with Crippen molar-refractivity contribution in [2.45, 2.75) is 111 Å². The predicted octanol–water partition coefficient (Wildman–Crippen LogP) is 5.41. The van der Waals surface area contributed by atoms with E-state index < -0.39 is 5.66 Å². The van der Waals surface area contributed by atoms with Crippen LogP contribution in [-0.2, 0) is 11.3 Å². The molecule has 3 heterocycles. The van der Waals surface area contributed by atoms with Crippen LogP contribution in [0.3, 0.4) is 0 Å².